The largest absolute Gasteiger partial charge is 0.460 e. The number of hydrogen-bond acceptors (Lipinski definition) is 5. The number of fused-ring (bicyclic) bond motifs is 8. The number of nitrogens with zero attached hydrogens (tertiary/aromatic N) is 3. The number of para-hydroxylation sites is 1. The van der Waals surface area contributed by atoms with Crippen LogP contribution in [0.1, 0.15) is 42.0 Å². The van der Waals surface area contributed by atoms with Crippen LogP contribution in [-0.2, 0) is 6.42 Å². The normalized spacial score (nSPS) is 21.0. The maximum atomic E-state index is 6.37. The summed E-state index contributed by atoms with van der Waals surface area (Å²) in [5.41, 5.74) is 10.2. The minimum atomic E-state index is 0.419. The lowest BCUT2D eigenvalue weighted by atomic mass is 9.76. The lowest BCUT2D eigenvalue weighted by Gasteiger charge is -2.28. The van der Waals surface area contributed by atoms with Gasteiger partial charge in [0.05, 0.1) is 0 Å². The van der Waals surface area contributed by atoms with Crippen LogP contribution in [0.4, 0.5) is 0 Å². The van der Waals surface area contributed by atoms with E-state index in [0.717, 1.165) is 64.7 Å². The first-order chi connectivity index (χ1) is 27.7. The molecule has 0 N–H and O–H groups in total. The summed E-state index contributed by atoms with van der Waals surface area (Å²) in [7, 11) is 0. The lowest BCUT2D eigenvalue weighted by Crippen LogP contribution is -2.17. The summed E-state index contributed by atoms with van der Waals surface area (Å²) in [5, 5.41) is 3.48. The minimum Gasteiger partial charge on any atom is -0.460 e. The summed E-state index contributed by atoms with van der Waals surface area (Å²) in [6.07, 6.45) is 31.2. The number of hydrogen-bond donors (Lipinski definition) is 0. The molecule has 2 atom stereocenters. The first-order valence-corrected chi connectivity index (χ1v) is 20.4. The van der Waals surface area contributed by atoms with Gasteiger partial charge in [-0.05, 0) is 65.8 Å². The van der Waals surface area contributed by atoms with Gasteiger partial charge >= 0.3 is 0 Å². The van der Waals surface area contributed by atoms with Crippen molar-refractivity contribution in [2.24, 2.45) is 11.8 Å². The molecule has 4 nitrogen and oxygen atoms in total. The predicted molar refractivity (Wildman–Crippen MR) is 232 cm³/mol. The maximum Gasteiger partial charge on any atom is 0.164 e. The second-order valence-electron chi connectivity index (χ2n) is 14.8. The van der Waals surface area contributed by atoms with Crippen LogP contribution in [0.15, 0.2) is 179 Å². The van der Waals surface area contributed by atoms with E-state index < -0.39 is 0 Å². The molecule has 2 unspecified atom stereocenters. The Bertz CT molecular complexity index is 2980. The molecule has 56 heavy (non-hydrogen) atoms. The molecule has 4 aliphatic carbocycles. The Kier molecular flexibility index (Phi) is 8.06. The molecule has 0 saturated carbocycles. The Balaban J connectivity index is 1.02. The number of benzene rings is 4. The van der Waals surface area contributed by atoms with Crippen LogP contribution in [0, 0.1) is 11.8 Å². The summed E-state index contributed by atoms with van der Waals surface area (Å²) < 4.78 is 8.82. The van der Waals surface area contributed by atoms with E-state index in [1.165, 1.54) is 42.5 Å². The number of rotatable bonds is 4. The zero-order chi connectivity index (χ0) is 37.0. The number of aromatic nitrogens is 3. The van der Waals surface area contributed by atoms with Crippen molar-refractivity contribution in [3.05, 3.63) is 198 Å². The van der Waals surface area contributed by atoms with E-state index in [1.807, 2.05) is 41.7 Å². The van der Waals surface area contributed by atoms with Crippen molar-refractivity contribution in [3.63, 3.8) is 0 Å². The fourth-order valence-corrected chi connectivity index (χ4v) is 9.90. The Morgan fingerprint density at radius 3 is 2.50 bits per heavy atom. The van der Waals surface area contributed by atoms with Crippen LogP contribution in [0.5, 0.6) is 0 Å². The summed E-state index contributed by atoms with van der Waals surface area (Å²) in [5.74, 6) is 3.85. The van der Waals surface area contributed by atoms with Crippen LogP contribution in [0.25, 0.3) is 65.1 Å². The predicted octanol–water partition coefficient (Wildman–Crippen LogP) is 13.2. The van der Waals surface area contributed by atoms with Gasteiger partial charge in [0.1, 0.15) is 11.3 Å². The molecule has 0 fully saturated rings. The van der Waals surface area contributed by atoms with Gasteiger partial charge in [-0.2, -0.15) is 0 Å². The van der Waals surface area contributed by atoms with Crippen LogP contribution in [0.3, 0.4) is 0 Å². The minimum absolute atomic E-state index is 0.419. The van der Waals surface area contributed by atoms with Gasteiger partial charge in [0, 0.05) is 66.1 Å². The van der Waals surface area contributed by atoms with Crippen molar-refractivity contribution in [1.82, 2.24) is 15.0 Å². The molecule has 3 aromatic heterocycles. The fraction of sp³-hybridized carbons (Fsp3) is 0.118. The van der Waals surface area contributed by atoms with Gasteiger partial charge in [0.15, 0.2) is 17.5 Å². The highest BCUT2D eigenvalue weighted by atomic mass is 32.1. The third-order valence-corrected chi connectivity index (χ3v) is 12.6. The summed E-state index contributed by atoms with van der Waals surface area (Å²) in [4.78, 5) is 15.7. The first kappa shape index (κ1) is 33.0. The highest BCUT2D eigenvalue weighted by Crippen LogP contribution is 2.43. The van der Waals surface area contributed by atoms with Crippen molar-refractivity contribution in [3.8, 4) is 22.8 Å². The van der Waals surface area contributed by atoms with Crippen molar-refractivity contribution in [2.75, 3.05) is 0 Å². The molecule has 0 saturated heterocycles. The molecule has 268 valence electrons. The molecule has 3 heterocycles. The Hall–Kier alpha value is -6.43. The number of furan rings is 1. The van der Waals surface area contributed by atoms with Crippen LogP contribution in [0.2, 0.25) is 0 Å². The van der Waals surface area contributed by atoms with Crippen molar-refractivity contribution < 1.29 is 4.42 Å². The van der Waals surface area contributed by atoms with E-state index in [9.17, 15) is 0 Å². The first-order valence-electron chi connectivity index (χ1n) is 19.5. The summed E-state index contributed by atoms with van der Waals surface area (Å²) >= 11 is 1.82. The standard InChI is InChI=1S/C51H37N3OS/c1-2-15-35(16-3-1)49-52-50(40-22-11-25-44-47(40)39-21-8-9-24-43(39)55-44)54-51(53-49)41-23-12-26-46-48(41)42-31-36(29-30-45(42)56-46)32-13-4-6-19-38-34(18-10-17-32)28-27-33-14-5-7-20-37(33)38/h1-3,5-10,12-17,19-24,26-31,33,37H,4,11,18,25H2/b17-10-,19-6-,32-13+. The van der Waals surface area contributed by atoms with Gasteiger partial charge < -0.3 is 4.42 Å². The van der Waals surface area contributed by atoms with Crippen LogP contribution in [-0.4, -0.2) is 15.0 Å². The van der Waals surface area contributed by atoms with Crippen LogP contribution >= 0.6 is 11.3 Å². The zero-order valence-corrected chi connectivity index (χ0v) is 31.5. The van der Waals surface area contributed by atoms with Crippen molar-refractivity contribution in [1.29, 1.82) is 0 Å². The molecule has 0 amide bonds. The van der Waals surface area contributed by atoms with Gasteiger partial charge in [-0.1, -0.05) is 140 Å². The van der Waals surface area contributed by atoms with E-state index in [0.29, 0.717) is 29.3 Å². The number of allylic oxidation sites excluding steroid dienone is 15. The number of thiophene rings is 1. The molecule has 4 aromatic carbocycles. The Morgan fingerprint density at radius 1 is 0.661 bits per heavy atom. The van der Waals surface area contributed by atoms with Crippen molar-refractivity contribution in [2.45, 2.75) is 25.7 Å². The topological polar surface area (TPSA) is 51.8 Å². The lowest BCUT2D eigenvalue weighted by molar-refractivity contribution is 0.545. The average molecular weight is 740 g/mol. The molecular weight excluding hydrogens is 703 g/mol. The zero-order valence-electron chi connectivity index (χ0n) is 30.7. The molecule has 0 spiro atoms. The van der Waals surface area contributed by atoms with E-state index >= 15 is 0 Å². The second kappa shape index (κ2) is 13.7. The summed E-state index contributed by atoms with van der Waals surface area (Å²) in [6, 6.07) is 32.0. The molecular formula is C51H37N3OS. The molecule has 0 radical (unpaired) electrons. The molecule has 0 bridgehead atoms. The third kappa shape index (κ3) is 5.70. The van der Waals surface area contributed by atoms with E-state index in [1.54, 1.807) is 0 Å². The SMILES string of the molecule is C1=CC2C=CC3=C(/C=C\C/C=C(c4ccc5sc6cccc(-c7nc(C8=CCCc9oc%10ccccc%10c98)nc(-c8ccccc8)n7)c6c5c4)\C=C/C3)C2C=C1. The third-order valence-electron chi connectivity index (χ3n) is 11.5. The van der Waals surface area contributed by atoms with Gasteiger partial charge in [0.2, 0.25) is 0 Å². The van der Waals surface area contributed by atoms with Gasteiger partial charge in [-0.3, -0.25) is 0 Å². The van der Waals surface area contributed by atoms with Gasteiger partial charge in [0.25, 0.3) is 0 Å². The highest BCUT2D eigenvalue weighted by molar-refractivity contribution is 7.25. The molecule has 0 aliphatic heterocycles. The molecule has 11 rings (SSSR count). The molecule has 7 aromatic rings. The monoisotopic (exact) mass is 739 g/mol. The smallest absolute Gasteiger partial charge is 0.164 e. The Labute approximate surface area is 329 Å². The Morgan fingerprint density at radius 2 is 1.54 bits per heavy atom. The van der Waals surface area contributed by atoms with E-state index in [-0.39, 0.29) is 0 Å². The quantitative estimate of drug-likeness (QED) is 0.180. The average Bonchev–Trinajstić information content (AvgIpc) is 3.83. The van der Waals surface area contributed by atoms with Gasteiger partial charge in [-0.15, -0.1) is 11.3 Å². The summed E-state index contributed by atoms with van der Waals surface area (Å²) in [6.45, 7) is 0. The molecule has 4 aliphatic rings. The number of aryl methyl sites for hydroxylation is 1. The second-order valence-corrected chi connectivity index (χ2v) is 15.9. The van der Waals surface area contributed by atoms with E-state index in [2.05, 4.69) is 134 Å². The highest BCUT2D eigenvalue weighted by Gasteiger charge is 2.26. The molecule has 5 heteroatoms. The maximum absolute atomic E-state index is 6.37. The fourth-order valence-electron chi connectivity index (χ4n) is 8.79. The van der Waals surface area contributed by atoms with Crippen LogP contribution < -0.4 is 0 Å². The van der Waals surface area contributed by atoms with Crippen molar-refractivity contribution >= 4 is 53.6 Å². The van der Waals surface area contributed by atoms with E-state index in [4.69, 9.17) is 19.4 Å². The van der Waals surface area contributed by atoms with Gasteiger partial charge in [-0.25, -0.2) is 15.0 Å².